The number of furan rings is 1. The second kappa shape index (κ2) is 8.55. The molecule has 164 valence electrons. The minimum absolute atomic E-state index is 0.0178. The summed E-state index contributed by atoms with van der Waals surface area (Å²) in [5, 5.41) is 11.7. The molecule has 1 fully saturated rings. The van der Waals surface area contributed by atoms with E-state index in [2.05, 4.69) is 0 Å². The summed E-state index contributed by atoms with van der Waals surface area (Å²) < 4.78 is 10.8. The number of aliphatic hydroxyl groups is 1. The number of halogens is 1. The summed E-state index contributed by atoms with van der Waals surface area (Å²) in [6.45, 7) is 3.79. The van der Waals surface area contributed by atoms with Gasteiger partial charge in [0.25, 0.3) is 11.7 Å². The van der Waals surface area contributed by atoms with Gasteiger partial charge in [0, 0.05) is 0 Å². The normalized spacial score (nSPS) is 17.8. The Labute approximate surface area is 190 Å². The van der Waals surface area contributed by atoms with Crippen molar-refractivity contribution in [3.05, 3.63) is 93.4 Å². The van der Waals surface area contributed by atoms with Crippen LogP contribution in [0.3, 0.4) is 0 Å². The molecule has 1 unspecified atom stereocenters. The van der Waals surface area contributed by atoms with Crippen molar-refractivity contribution >= 4 is 29.1 Å². The maximum absolute atomic E-state index is 13.2. The van der Waals surface area contributed by atoms with Crippen molar-refractivity contribution in [1.82, 2.24) is 4.90 Å². The molecule has 3 aromatic rings. The largest absolute Gasteiger partial charge is 0.507 e. The summed E-state index contributed by atoms with van der Waals surface area (Å²) in [6, 6.07) is 13.5. The fraction of sp³-hybridized carbons (Fsp3) is 0.200. The van der Waals surface area contributed by atoms with E-state index in [1.165, 1.54) is 18.3 Å². The Kier molecular flexibility index (Phi) is 5.80. The molecule has 0 saturated carbocycles. The molecule has 1 saturated heterocycles. The van der Waals surface area contributed by atoms with Gasteiger partial charge in [-0.3, -0.25) is 9.59 Å². The average molecular weight is 452 g/mol. The molecule has 1 amide bonds. The molecule has 2 heterocycles. The zero-order chi connectivity index (χ0) is 23.0. The van der Waals surface area contributed by atoms with Crippen LogP contribution in [0, 0.1) is 13.8 Å². The van der Waals surface area contributed by atoms with E-state index in [9.17, 15) is 14.7 Å². The number of hydrogen-bond donors (Lipinski definition) is 1. The molecular weight excluding hydrogens is 430 g/mol. The van der Waals surface area contributed by atoms with Crippen LogP contribution in [0.5, 0.6) is 5.75 Å². The lowest BCUT2D eigenvalue weighted by Gasteiger charge is -2.26. The average Bonchev–Trinajstić information content (AvgIpc) is 3.36. The Hall–Kier alpha value is -3.51. The number of carbonyl (C=O) groups is 2. The number of rotatable bonds is 5. The fourth-order valence-corrected chi connectivity index (χ4v) is 4.44. The predicted octanol–water partition coefficient (Wildman–Crippen LogP) is 5.18. The van der Waals surface area contributed by atoms with E-state index >= 15 is 0 Å². The zero-order valence-corrected chi connectivity index (χ0v) is 18.6. The third-order valence-corrected chi connectivity index (χ3v) is 5.86. The molecule has 6 nitrogen and oxygen atoms in total. The molecule has 1 aliphatic rings. The number of amides is 1. The fourth-order valence-electron chi connectivity index (χ4n) is 4.09. The molecule has 0 aliphatic carbocycles. The third kappa shape index (κ3) is 3.67. The van der Waals surface area contributed by atoms with Gasteiger partial charge in [0.15, 0.2) is 0 Å². The molecule has 0 radical (unpaired) electrons. The summed E-state index contributed by atoms with van der Waals surface area (Å²) in [7, 11) is 1.43. The van der Waals surface area contributed by atoms with E-state index in [1.54, 1.807) is 24.3 Å². The van der Waals surface area contributed by atoms with Crippen LogP contribution in [0.2, 0.25) is 5.02 Å². The third-order valence-electron chi connectivity index (χ3n) is 5.58. The minimum atomic E-state index is -0.801. The summed E-state index contributed by atoms with van der Waals surface area (Å²) in [5.41, 5.74) is 2.62. The standard InChI is InChI=1S/C25H22ClNO5/c1-14-11-18(24(31-3)19(26)12-14)22(28)20-21(17-9-5-4-7-15(17)2)27(25(30)23(20)29)13-16-8-6-10-32-16/h4-12,21,28H,13H2,1-3H3/b22-20+. The number of ether oxygens (including phenoxy) is 1. The van der Waals surface area contributed by atoms with Crippen molar-refractivity contribution < 1.29 is 23.8 Å². The van der Waals surface area contributed by atoms with Crippen LogP contribution >= 0.6 is 11.6 Å². The highest BCUT2D eigenvalue weighted by atomic mass is 35.5. The molecule has 2 aromatic carbocycles. The number of carbonyl (C=O) groups excluding carboxylic acids is 2. The number of aryl methyl sites for hydroxylation is 2. The van der Waals surface area contributed by atoms with Crippen molar-refractivity contribution in [2.45, 2.75) is 26.4 Å². The maximum Gasteiger partial charge on any atom is 0.296 e. The Balaban J connectivity index is 1.96. The molecule has 32 heavy (non-hydrogen) atoms. The molecule has 0 spiro atoms. The van der Waals surface area contributed by atoms with Crippen LogP contribution in [0.1, 0.15) is 34.1 Å². The van der Waals surface area contributed by atoms with Gasteiger partial charge < -0.3 is 19.2 Å². The van der Waals surface area contributed by atoms with Gasteiger partial charge in [0.2, 0.25) is 0 Å². The topological polar surface area (TPSA) is 80.0 Å². The van der Waals surface area contributed by atoms with Crippen LogP contribution < -0.4 is 4.74 Å². The highest BCUT2D eigenvalue weighted by Crippen LogP contribution is 2.44. The number of benzene rings is 2. The summed E-state index contributed by atoms with van der Waals surface area (Å²) in [6.07, 6.45) is 1.51. The smallest absolute Gasteiger partial charge is 0.296 e. The van der Waals surface area contributed by atoms with Crippen molar-refractivity contribution in [1.29, 1.82) is 0 Å². The quantitative estimate of drug-likeness (QED) is 0.328. The maximum atomic E-state index is 13.2. The first kappa shape index (κ1) is 21.7. The van der Waals surface area contributed by atoms with E-state index in [4.69, 9.17) is 20.8 Å². The molecule has 1 aliphatic heterocycles. The van der Waals surface area contributed by atoms with Gasteiger partial charge in [0.05, 0.1) is 42.1 Å². The van der Waals surface area contributed by atoms with Gasteiger partial charge >= 0.3 is 0 Å². The first-order chi connectivity index (χ1) is 15.3. The molecule has 7 heteroatoms. The van der Waals surface area contributed by atoms with Crippen LogP contribution in [0.15, 0.2) is 64.8 Å². The van der Waals surface area contributed by atoms with Crippen LogP contribution in [-0.4, -0.2) is 28.8 Å². The molecule has 1 atom stereocenters. The van der Waals surface area contributed by atoms with Gasteiger partial charge in [0.1, 0.15) is 17.3 Å². The van der Waals surface area contributed by atoms with E-state index < -0.39 is 17.7 Å². The van der Waals surface area contributed by atoms with Gasteiger partial charge in [-0.1, -0.05) is 35.9 Å². The molecule has 1 N–H and O–H groups in total. The molecule has 1 aromatic heterocycles. The van der Waals surface area contributed by atoms with Crippen molar-refractivity contribution in [3.8, 4) is 5.75 Å². The zero-order valence-electron chi connectivity index (χ0n) is 17.9. The molecule has 4 rings (SSSR count). The van der Waals surface area contributed by atoms with Crippen LogP contribution in [0.4, 0.5) is 0 Å². The number of aliphatic hydroxyl groups excluding tert-OH is 1. The second-order valence-electron chi connectivity index (χ2n) is 7.69. The summed E-state index contributed by atoms with van der Waals surface area (Å²) in [5.74, 6) is -1.06. The summed E-state index contributed by atoms with van der Waals surface area (Å²) >= 11 is 6.32. The van der Waals surface area contributed by atoms with Gasteiger partial charge in [-0.15, -0.1) is 0 Å². The van der Waals surface area contributed by atoms with Crippen molar-refractivity contribution in [2.24, 2.45) is 0 Å². The lowest BCUT2D eigenvalue weighted by atomic mass is 9.92. The van der Waals surface area contributed by atoms with Gasteiger partial charge in [-0.2, -0.15) is 0 Å². The van der Waals surface area contributed by atoms with E-state index in [-0.39, 0.29) is 29.2 Å². The van der Waals surface area contributed by atoms with E-state index in [1.807, 2.05) is 38.1 Å². The van der Waals surface area contributed by atoms with Gasteiger partial charge in [-0.25, -0.2) is 0 Å². The van der Waals surface area contributed by atoms with Crippen molar-refractivity contribution in [2.75, 3.05) is 7.11 Å². The number of hydrogen-bond acceptors (Lipinski definition) is 5. The number of ketones is 1. The Bertz CT molecular complexity index is 1230. The minimum Gasteiger partial charge on any atom is -0.507 e. The Morgan fingerprint density at radius 1 is 1.16 bits per heavy atom. The SMILES string of the molecule is COc1c(Cl)cc(C)cc1/C(O)=C1\C(=O)C(=O)N(Cc2ccco2)C1c1ccccc1C. The second-order valence-corrected chi connectivity index (χ2v) is 8.10. The number of likely N-dealkylation sites (tertiary alicyclic amines) is 1. The lowest BCUT2D eigenvalue weighted by molar-refractivity contribution is -0.140. The number of nitrogens with zero attached hydrogens (tertiary/aromatic N) is 1. The Morgan fingerprint density at radius 2 is 1.91 bits per heavy atom. The lowest BCUT2D eigenvalue weighted by Crippen LogP contribution is -2.29. The molecular formula is C25H22ClNO5. The number of Topliss-reactive ketones (excluding diaryl/α,β-unsaturated/α-hetero) is 1. The first-order valence-electron chi connectivity index (χ1n) is 10.0. The Morgan fingerprint density at radius 3 is 2.56 bits per heavy atom. The van der Waals surface area contributed by atoms with Crippen LogP contribution in [0.25, 0.3) is 5.76 Å². The summed E-state index contributed by atoms with van der Waals surface area (Å²) in [4.78, 5) is 27.7. The van der Waals surface area contributed by atoms with Crippen LogP contribution in [-0.2, 0) is 16.1 Å². The first-order valence-corrected chi connectivity index (χ1v) is 10.4. The van der Waals surface area contributed by atoms with Gasteiger partial charge in [-0.05, 0) is 54.8 Å². The van der Waals surface area contributed by atoms with E-state index in [0.29, 0.717) is 10.8 Å². The highest BCUT2D eigenvalue weighted by molar-refractivity contribution is 6.46. The molecule has 0 bridgehead atoms. The van der Waals surface area contributed by atoms with Crippen molar-refractivity contribution in [3.63, 3.8) is 0 Å². The number of methoxy groups -OCH3 is 1. The predicted molar refractivity (Wildman–Crippen MR) is 120 cm³/mol. The highest BCUT2D eigenvalue weighted by Gasteiger charge is 2.47. The van der Waals surface area contributed by atoms with E-state index in [0.717, 1.165) is 16.7 Å². The monoisotopic (exact) mass is 451 g/mol.